The summed E-state index contributed by atoms with van der Waals surface area (Å²) >= 11 is 0. The molecule has 0 amide bonds. The molecule has 1 unspecified atom stereocenters. The second-order valence-electron chi connectivity index (χ2n) is 3.32. The highest BCUT2D eigenvalue weighted by Crippen LogP contribution is 1.96. The van der Waals surface area contributed by atoms with Crippen LogP contribution in [0.15, 0.2) is 11.8 Å². The van der Waals surface area contributed by atoms with Crippen molar-refractivity contribution in [2.45, 2.75) is 39.7 Å². The molecule has 0 saturated heterocycles. The van der Waals surface area contributed by atoms with Crippen molar-refractivity contribution in [3.63, 3.8) is 0 Å². The number of hydrogen-bond acceptors (Lipinski definition) is 3. The van der Waals surface area contributed by atoms with E-state index in [1.165, 1.54) is 0 Å². The zero-order valence-corrected chi connectivity index (χ0v) is 8.76. The highest BCUT2D eigenvalue weighted by Gasteiger charge is 1.99. The van der Waals surface area contributed by atoms with Gasteiger partial charge in [0.2, 0.25) is 0 Å². The number of nitrogens with two attached hydrogens (primary N) is 1. The smallest absolute Gasteiger partial charge is 0.159 e. The van der Waals surface area contributed by atoms with Gasteiger partial charge in [-0.1, -0.05) is 6.92 Å². The molecule has 3 heteroatoms. The fourth-order valence-corrected chi connectivity index (χ4v) is 0.896. The minimum absolute atomic E-state index is 0.188. The van der Waals surface area contributed by atoms with Gasteiger partial charge in [-0.2, -0.15) is 0 Å². The molecule has 0 aromatic heterocycles. The molecule has 0 aromatic carbocycles. The molecule has 0 radical (unpaired) electrons. The van der Waals surface area contributed by atoms with Crippen molar-refractivity contribution in [2.24, 2.45) is 5.73 Å². The van der Waals surface area contributed by atoms with E-state index in [-0.39, 0.29) is 11.8 Å². The Morgan fingerprint density at radius 3 is 2.69 bits per heavy atom. The van der Waals surface area contributed by atoms with Gasteiger partial charge in [-0.15, -0.1) is 0 Å². The minimum atomic E-state index is 0.188. The molecule has 0 bridgehead atoms. The van der Waals surface area contributed by atoms with Crippen molar-refractivity contribution < 1.29 is 4.79 Å². The first kappa shape index (κ1) is 12.2. The van der Waals surface area contributed by atoms with Crippen molar-refractivity contribution in [3.05, 3.63) is 11.8 Å². The van der Waals surface area contributed by atoms with Crippen LogP contribution < -0.4 is 11.1 Å². The Balaban J connectivity index is 3.65. The largest absolute Gasteiger partial charge is 0.391 e. The Kier molecular flexibility index (Phi) is 6.24. The van der Waals surface area contributed by atoms with Crippen molar-refractivity contribution >= 4 is 5.78 Å². The maximum Gasteiger partial charge on any atom is 0.159 e. The summed E-state index contributed by atoms with van der Waals surface area (Å²) in [5.41, 5.74) is 6.35. The lowest BCUT2D eigenvalue weighted by Crippen LogP contribution is -2.21. The monoisotopic (exact) mass is 184 g/mol. The number of carbonyl (C=O) groups is 1. The molecule has 0 aliphatic carbocycles. The van der Waals surface area contributed by atoms with Gasteiger partial charge >= 0.3 is 0 Å². The zero-order chi connectivity index (χ0) is 10.3. The number of Topliss-reactive ketones (excluding diaryl/α,β-unsaturated/α-hetero) is 1. The molecule has 0 saturated carbocycles. The van der Waals surface area contributed by atoms with Gasteiger partial charge < -0.3 is 11.1 Å². The molecule has 1 atom stereocenters. The van der Waals surface area contributed by atoms with Crippen LogP contribution in [-0.4, -0.2) is 18.4 Å². The number of nitrogens with one attached hydrogen (secondary N) is 1. The second-order valence-corrected chi connectivity index (χ2v) is 3.32. The highest BCUT2D eigenvalue weighted by atomic mass is 16.1. The molecule has 3 nitrogen and oxygen atoms in total. The summed E-state index contributed by atoms with van der Waals surface area (Å²) in [7, 11) is 0. The van der Waals surface area contributed by atoms with Gasteiger partial charge in [0.1, 0.15) is 0 Å². The van der Waals surface area contributed by atoms with Crippen LogP contribution in [0.2, 0.25) is 0 Å². The summed E-state index contributed by atoms with van der Waals surface area (Å²) in [6, 6.07) is 0.211. The van der Waals surface area contributed by atoms with E-state index in [1.54, 1.807) is 6.20 Å². The Hall–Kier alpha value is -0.830. The predicted molar refractivity (Wildman–Crippen MR) is 55.3 cm³/mol. The van der Waals surface area contributed by atoms with E-state index in [9.17, 15) is 4.79 Å². The molecule has 0 aliphatic heterocycles. The summed E-state index contributed by atoms with van der Waals surface area (Å²) in [6.07, 6.45) is 3.26. The van der Waals surface area contributed by atoms with Crippen LogP contribution in [0.3, 0.4) is 0 Å². The van der Waals surface area contributed by atoms with Crippen LogP contribution in [-0.2, 0) is 4.79 Å². The van der Waals surface area contributed by atoms with E-state index in [4.69, 9.17) is 5.73 Å². The zero-order valence-electron chi connectivity index (χ0n) is 8.76. The normalized spacial score (nSPS) is 14.0. The summed E-state index contributed by atoms with van der Waals surface area (Å²) < 4.78 is 0. The number of rotatable bonds is 6. The standard InChI is InChI=1S/C10H20N2O/c1-4-10(13)8(2)7-12-6-5-9(3)11/h7,9,12H,4-6,11H2,1-3H3/b8-7-. The van der Waals surface area contributed by atoms with E-state index in [0.717, 1.165) is 18.5 Å². The molecule has 0 aliphatic rings. The van der Waals surface area contributed by atoms with E-state index in [0.29, 0.717) is 6.42 Å². The van der Waals surface area contributed by atoms with E-state index < -0.39 is 0 Å². The Bertz CT molecular complexity index is 185. The number of ketones is 1. The number of hydrogen-bond donors (Lipinski definition) is 2. The van der Waals surface area contributed by atoms with Gasteiger partial charge in [0, 0.05) is 30.8 Å². The van der Waals surface area contributed by atoms with Gasteiger partial charge in [-0.25, -0.2) is 0 Å². The second kappa shape index (κ2) is 6.66. The first-order valence-electron chi connectivity index (χ1n) is 4.76. The molecule has 0 spiro atoms. The molecule has 13 heavy (non-hydrogen) atoms. The average Bonchev–Trinajstić information content (AvgIpc) is 2.10. The fourth-order valence-electron chi connectivity index (χ4n) is 0.896. The maximum absolute atomic E-state index is 11.1. The summed E-state index contributed by atoms with van der Waals surface area (Å²) in [6.45, 7) is 6.48. The van der Waals surface area contributed by atoms with Gasteiger partial charge in [-0.3, -0.25) is 4.79 Å². The third kappa shape index (κ3) is 6.34. The lowest BCUT2D eigenvalue weighted by atomic mass is 10.2. The quantitative estimate of drug-likeness (QED) is 0.481. The van der Waals surface area contributed by atoms with Crippen molar-refractivity contribution in [2.75, 3.05) is 6.54 Å². The topological polar surface area (TPSA) is 55.1 Å². The van der Waals surface area contributed by atoms with Crippen molar-refractivity contribution in [1.29, 1.82) is 0 Å². The first-order chi connectivity index (χ1) is 6.07. The van der Waals surface area contributed by atoms with Crippen LogP contribution in [0, 0.1) is 0 Å². The number of carbonyl (C=O) groups excluding carboxylic acids is 1. The van der Waals surface area contributed by atoms with Gasteiger partial charge in [-0.05, 0) is 20.3 Å². The van der Waals surface area contributed by atoms with Gasteiger partial charge in [0.15, 0.2) is 5.78 Å². The van der Waals surface area contributed by atoms with Gasteiger partial charge in [0.05, 0.1) is 0 Å². The van der Waals surface area contributed by atoms with E-state index in [1.807, 2.05) is 20.8 Å². The average molecular weight is 184 g/mol. The molecule has 0 aromatic rings. The highest BCUT2D eigenvalue weighted by molar-refractivity contribution is 5.94. The molecular weight excluding hydrogens is 164 g/mol. The molecule has 76 valence electrons. The lowest BCUT2D eigenvalue weighted by molar-refractivity contribution is -0.115. The van der Waals surface area contributed by atoms with E-state index >= 15 is 0 Å². The van der Waals surface area contributed by atoms with Crippen LogP contribution >= 0.6 is 0 Å². The Labute approximate surface area is 80.4 Å². The molecular formula is C10H20N2O. The van der Waals surface area contributed by atoms with Crippen LogP contribution in [0.4, 0.5) is 0 Å². The van der Waals surface area contributed by atoms with Crippen LogP contribution in [0.5, 0.6) is 0 Å². The van der Waals surface area contributed by atoms with Gasteiger partial charge in [0.25, 0.3) is 0 Å². The molecule has 3 N–H and O–H groups in total. The maximum atomic E-state index is 11.1. The van der Waals surface area contributed by atoms with Crippen molar-refractivity contribution in [3.8, 4) is 0 Å². The third-order valence-corrected chi connectivity index (χ3v) is 1.82. The lowest BCUT2D eigenvalue weighted by Gasteiger charge is -2.05. The summed E-state index contributed by atoms with van der Waals surface area (Å²) in [5, 5.41) is 3.07. The molecule has 0 rings (SSSR count). The summed E-state index contributed by atoms with van der Waals surface area (Å²) in [4.78, 5) is 11.1. The van der Waals surface area contributed by atoms with Crippen LogP contribution in [0.1, 0.15) is 33.6 Å². The third-order valence-electron chi connectivity index (χ3n) is 1.82. The first-order valence-corrected chi connectivity index (χ1v) is 4.76. The SMILES string of the molecule is CCC(=O)/C(C)=C\NCCC(C)N. The molecule has 0 fully saturated rings. The number of allylic oxidation sites excluding steroid dienone is 1. The fraction of sp³-hybridized carbons (Fsp3) is 0.700. The predicted octanol–water partition coefficient (Wildman–Crippen LogP) is 1.20. The van der Waals surface area contributed by atoms with E-state index in [2.05, 4.69) is 5.32 Å². The van der Waals surface area contributed by atoms with Crippen LogP contribution in [0.25, 0.3) is 0 Å². The summed E-state index contributed by atoms with van der Waals surface area (Å²) in [5.74, 6) is 0.188. The van der Waals surface area contributed by atoms with Crippen molar-refractivity contribution in [1.82, 2.24) is 5.32 Å². The Morgan fingerprint density at radius 2 is 2.23 bits per heavy atom. The minimum Gasteiger partial charge on any atom is -0.391 e. The molecule has 0 heterocycles. The Morgan fingerprint density at radius 1 is 1.62 bits per heavy atom.